The van der Waals surface area contributed by atoms with Crippen LogP contribution in [0.1, 0.15) is 12.5 Å². The maximum absolute atomic E-state index is 12.7. The fourth-order valence-electron chi connectivity index (χ4n) is 3.43. The third-order valence-electron chi connectivity index (χ3n) is 5.11. The second kappa shape index (κ2) is 8.85. The Bertz CT molecular complexity index is 1210. The zero-order chi connectivity index (χ0) is 21.8. The molecule has 1 amide bonds. The van der Waals surface area contributed by atoms with Gasteiger partial charge in [0.05, 0.1) is 11.4 Å². The molecule has 0 aromatic heterocycles. The zero-order valence-electron chi connectivity index (χ0n) is 17.2. The van der Waals surface area contributed by atoms with Crippen molar-refractivity contribution in [2.45, 2.75) is 13.5 Å². The van der Waals surface area contributed by atoms with Crippen molar-refractivity contribution >= 4 is 32.4 Å². The van der Waals surface area contributed by atoms with Crippen molar-refractivity contribution in [3.63, 3.8) is 0 Å². The molecule has 0 unspecified atom stereocenters. The highest BCUT2D eigenvalue weighted by molar-refractivity contribution is 7.92. The molecule has 1 aliphatic rings. The van der Waals surface area contributed by atoms with Gasteiger partial charge in [-0.2, -0.15) is 0 Å². The molecule has 0 spiro atoms. The molecule has 0 atom stereocenters. The van der Waals surface area contributed by atoms with Crippen molar-refractivity contribution in [2.24, 2.45) is 0 Å². The van der Waals surface area contributed by atoms with Crippen LogP contribution in [-0.2, 0) is 21.4 Å². The number of nitrogens with zero attached hydrogens (tertiary/aromatic N) is 1. The highest BCUT2D eigenvalue weighted by Crippen LogP contribution is 2.34. The Kier molecular flexibility index (Phi) is 5.99. The number of benzene rings is 3. The van der Waals surface area contributed by atoms with Gasteiger partial charge >= 0.3 is 0 Å². The van der Waals surface area contributed by atoms with E-state index in [0.717, 1.165) is 20.6 Å². The Morgan fingerprint density at radius 3 is 2.48 bits per heavy atom. The number of ether oxygens (including phenoxy) is 2. The van der Waals surface area contributed by atoms with Crippen LogP contribution in [-0.4, -0.2) is 39.8 Å². The van der Waals surface area contributed by atoms with Crippen LogP contribution in [0.4, 0.5) is 5.69 Å². The minimum atomic E-state index is -3.67. The Hall–Kier alpha value is -3.26. The van der Waals surface area contributed by atoms with Gasteiger partial charge in [0.2, 0.25) is 15.9 Å². The van der Waals surface area contributed by atoms with Crippen LogP contribution in [0.5, 0.6) is 11.5 Å². The molecule has 0 fully saturated rings. The third kappa shape index (κ3) is 4.74. The number of hydrogen-bond acceptors (Lipinski definition) is 5. The van der Waals surface area contributed by atoms with Crippen molar-refractivity contribution in [1.29, 1.82) is 0 Å². The molecule has 7 nitrogen and oxygen atoms in total. The molecule has 31 heavy (non-hydrogen) atoms. The van der Waals surface area contributed by atoms with E-state index in [1.54, 1.807) is 25.1 Å². The first-order valence-corrected chi connectivity index (χ1v) is 11.7. The smallest absolute Gasteiger partial charge is 0.241 e. The second-order valence-corrected chi connectivity index (χ2v) is 9.38. The van der Waals surface area contributed by atoms with Crippen LogP contribution in [0.3, 0.4) is 0 Å². The topological polar surface area (TPSA) is 84.9 Å². The number of nitrogens with one attached hydrogen (secondary N) is 1. The predicted molar refractivity (Wildman–Crippen MR) is 120 cm³/mol. The second-order valence-electron chi connectivity index (χ2n) is 7.19. The molecule has 1 heterocycles. The summed E-state index contributed by atoms with van der Waals surface area (Å²) in [5.41, 5.74) is 1.31. The predicted octanol–water partition coefficient (Wildman–Crippen LogP) is 3.08. The van der Waals surface area contributed by atoms with Gasteiger partial charge in [0.1, 0.15) is 19.8 Å². The monoisotopic (exact) mass is 440 g/mol. The molecule has 4 rings (SSSR count). The normalized spacial score (nSPS) is 13.1. The van der Waals surface area contributed by atoms with Gasteiger partial charge in [-0.1, -0.05) is 36.4 Å². The Morgan fingerprint density at radius 1 is 0.968 bits per heavy atom. The highest BCUT2D eigenvalue weighted by Gasteiger charge is 2.25. The fourth-order valence-corrected chi connectivity index (χ4v) is 4.49. The first-order chi connectivity index (χ1) is 15.0. The molecule has 8 heteroatoms. The Morgan fingerprint density at radius 2 is 1.71 bits per heavy atom. The van der Waals surface area contributed by atoms with E-state index in [-0.39, 0.29) is 18.2 Å². The van der Waals surface area contributed by atoms with Gasteiger partial charge in [0, 0.05) is 12.6 Å². The third-order valence-corrected chi connectivity index (χ3v) is 6.85. The lowest BCUT2D eigenvalue weighted by atomic mass is 10.1. The van der Waals surface area contributed by atoms with Gasteiger partial charge in [-0.05, 0) is 41.5 Å². The lowest BCUT2D eigenvalue weighted by Gasteiger charge is -2.25. The lowest BCUT2D eigenvalue weighted by molar-refractivity contribution is -0.119. The number of carbonyl (C=O) groups excluding carboxylic acids is 1. The number of sulfonamides is 1. The maximum Gasteiger partial charge on any atom is 0.241 e. The van der Waals surface area contributed by atoms with Crippen molar-refractivity contribution in [3.05, 3.63) is 66.2 Å². The summed E-state index contributed by atoms with van der Waals surface area (Å²) in [5.74, 6) is 0.514. The fraction of sp³-hybridized carbons (Fsp3) is 0.261. The molecular formula is C23H24N2O5S. The van der Waals surface area contributed by atoms with Gasteiger partial charge in [0.25, 0.3) is 0 Å². The van der Waals surface area contributed by atoms with Crippen molar-refractivity contribution in [2.75, 3.05) is 29.8 Å². The minimum absolute atomic E-state index is 0.126. The molecule has 3 aromatic rings. The summed E-state index contributed by atoms with van der Waals surface area (Å²) >= 11 is 0. The molecule has 0 saturated carbocycles. The summed E-state index contributed by atoms with van der Waals surface area (Å²) < 4.78 is 37.6. The van der Waals surface area contributed by atoms with Crippen molar-refractivity contribution < 1.29 is 22.7 Å². The van der Waals surface area contributed by atoms with Crippen molar-refractivity contribution in [3.8, 4) is 11.5 Å². The van der Waals surface area contributed by atoms with E-state index in [4.69, 9.17) is 9.47 Å². The molecule has 0 radical (unpaired) electrons. The molecule has 0 aliphatic carbocycles. The largest absolute Gasteiger partial charge is 0.486 e. The van der Waals surface area contributed by atoms with Gasteiger partial charge in [0.15, 0.2) is 11.5 Å². The summed E-state index contributed by atoms with van der Waals surface area (Å²) in [7, 11) is -3.67. The zero-order valence-corrected chi connectivity index (χ0v) is 18.0. The van der Waals surface area contributed by atoms with E-state index in [1.807, 2.05) is 42.5 Å². The summed E-state index contributed by atoms with van der Waals surface area (Å²) in [5, 5.41) is 5.03. The van der Waals surface area contributed by atoms with E-state index >= 15 is 0 Å². The summed E-state index contributed by atoms with van der Waals surface area (Å²) in [6.45, 7) is 2.38. The van der Waals surface area contributed by atoms with Crippen LogP contribution < -0.4 is 19.1 Å². The number of rotatable bonds is 7. The highest BCUT2D eigenvalue weighted by atomic mass is 32.2. The first-order valence-electron chi connectivity index (χ1n) is 10.1. The number of fused-ring (bicyclic) bond motifs is 2. The van der Waals surface area contributed by atoms with E-state index < -0.39 is 10.0 Å². The Balaban J connectivity index is 1.49. The lowest BCUT2D eigenvalue weighted by Crippen LogP contribution is -2.41. The Labute approximate surface area is 181 Å². The molecule has 0 bridgehead atoms. The van der Waals surface area contributed by atoms with E-state index in [1.165, 1.54) is 0 Å². The average Bonchev–Trinajstić information content (AvgIpc) is 2.80. The average molecular weight is 441 g/mol. The number of amides is 1. The summed E-state index contributed by atoms with van der Waals surface area (Å²) in [6.07, 6.45) is 0. The standard InChI is InChI=1S/C23H24N2O5S/c1-2-31(27,28)25(20-9-10-21-22(14-20)30-12-11-29-21)16-23(26)24-15-17-7-8-18-5-3-4-6-19(18)13-17/h3-10,13-14H,2,11-12,15-16H2,1H3,(H,24,26). The molecule has 1 aliphatic heterocycles. The molecule has 0 saturated heterocycles. The maximum atomic E-state index is 12.7. The SMILES string of the molecule is CCS(=O)(=O)N(CC(=O)NCc1ccc2ccccc2c1)c1ccc2c(c1)OCCO2. The summed E-state index contributed by atoms with van der Waals surface area (Å²) in [4.78, 5) is 12.6. The quantitative estimate of drug-likeness (QED) is 0.610. The number of hydrogen-bond donors (Lipinski definition) is 1. The molecular weight excluding hydrogens is 416 g/mol. The summed E-state index contributed by atoms with van der Waals surface area (Å²) in [6, 6.07) is 18.8. The minimum Gasteiger partial charge on any atom is -0.486 e. The van der Waals surface area contributed by atoms with E-state index in [9.17, 15) is 13.2 Å². The number of anilines is 1. The number of carbonyl (C=O) groups is 1. The van der Waals surface area contributed by atoms with Crippen LogP contribution in [0.25, 0.3) is 10.8 Å². The van der Waals surface area contributed by atoms with Crippen LogP contribution in [0.2, 0.25) is 0 Å². The van der Waals surface area contributed by atoms with Gasteiger partial charge in [-0.25, -0.2) is 8.42 Å². The van der Waals surface area contributed by atoms with Gasteiger partial charge < -0.3 is 14.8 Å². The van der Waals surface area contributed by atoms with Gasteiger partial charge in [-0.15, -0.1) is 0 Å². The molecule has 162 valence electrons. The first kappa shape index (κ1) is 21.0. The van der Waals surface area contributed by atoms with Crippen LogP contribution in [0, 0.1) is 0 Å². The van der Waals surface area contributed by atoms with E-state index in [2.05, 4.69) is 5.32 Å². The molecule has 1 N–H and O–H groups in total. The van der Waals surface area contributed by atoms with Crippen LogP contribution >= 0.6 is 0 Å². The molecule has 3 aromatic carbocycles. The van der Waals surface area contributed by atoms with Crippen LogP contribution in [0.15, 0.2) is 60.7 Å². The van der Waals surface area contributed by atoms with Crippen molar-refractivity contribution in [1.82, 2.24) is 5.32 Å². The van der Waals surface area contributed by atoms with E-state index in [0.29, 0.717) is 36.9 Å². The van der Waals surface area contributed by atoms with Gasteiger partial charge in [-0.3, -0.25) is 9.10 Å².